The van der Waals surface area contributed by atoms with Crippen molar-refractivity contribution in [3.8, 4) is 16.9 Å². The maximum Gasteiger partial charge on any atom is 0.353 e. The minimum absolute atomic E-state index is 0.0213. The lowest BCUT2D eigenvalue weighted by Crippen LogP contribution is -2.25. The Bertz CT molecular complexity index is 1000. The van der Waals surface area contributed by atoms with E-state index in [1.54, 1.807) is 12.1 Å². The SMILES string of the molecule is COc1cc(C)c2c(-c3ccccc3)c(C(=O)O)n(C)c(=O)c2c1. The molecule has 122 valence electrons. The Morgan fingerprint density at radius 3 is 2.42 bits per heavy atom. The molecule has 1 N–H and O–H groups in total. The first-order valence-corrected chi connectivity index (χ1v) is 7.45. The topological polar surface area (TPSA) is 68.5 Å². The number of methoxy groups -OCH3 is 1. The smallest absolute Gasteiger partial charge is 0.353 e. The number of fused-ring (bicyclic) bond motifs is 1. The van der Waals surface area contributed by atoms with Crippen molar-refractivity contribution in [2.45, 2.75) is 6.92 Å². The van der Waals surface area contributed by atoms with Gasteiger partial charge >= 0.3 is 5.97 Å². The summed E-state index contributed by atoms with van der Waals surface area (Å²) in [6, 6.07) is 12.7. The Balaban J connectivity index is 2.61. The fraction of sp³-hybridized carbons (Fsp3) is 0.158. The molecule has 0 fully saturated rings. The van der Waals surface area contributed by atoms with Gasteiger partial charge < -0.3 is 14.4 Å². The lowest BCUT2D eigenvalue weighted by atomic mass is 9.93. The third-order valence-electron chi connectivity index (χ3n) is 4.17. The van der Waals surface area contributed by atoms with E-state index in [9.17, 15) is 14.7 Å². The van der Waals surface area contributed by atoms with Gasteiger partial charge in [0.1, 0.15) is 11.4 Å². The molecule has 0 amide bonds. The molecule has 0 aliphatic heterocycles. The molecule has 0 aliphatic rings. The molecule has 0 saturated carbocycles. The second-order valence-corrected chi connectivity index (χ2v) is 5.63. The van der Waals surface area contributed by atoms with Crippen LogP contribution in [0.2, 0.25) is 0 Å². The number of carboxylic acids is 1. The maximum absolute atomic E-state index is 12.7. The second kappa shape index (κ2) is 5.85. The molecule has 0 spiro atoms. The number of carboxylic acid groups (broad SMARTS) is 1. The number of nitrogens with zero attached hydrogens (tertiary/aromatic N) is 1. The summed E-state index contributed by atoms with van der Waals surface area (Å²) in [5.74, 6) is -0.565. The Morgan fingerprint density at radius 1 is 1.17 bits per heavy atom. The minimum Gasteiger partial charge on any atom is -0.497 e. The zero-order valence-corrected chi connectivity index (χ0v) is 13.7. The molecule has 5 nitrogen and oxygen atoms in total. The number of aromatic carboxylic acids is 1. The summed E-state index contributed by atoms with van der Waals surface area (Å²) < 4.78 is 6.44. The number of benzene rings is 2. The third kappa shape index (κ3) is 2.34. The first-order valence-electron chi connectivity index (χ1n) is 7.45. The molecule has 0 saturated heterocycles. The number of carbonyl (C=O) groups is 1. The first-order chi connectivity index (χ1) is 11.5. The Hall–Kier alpha value is -3.08. The number of hydrogen-bond acceptors (Lipinski definition) is 3. The number of ether oxygens (including phenoxy) is 1. The Morgan fingerprint density at radius 2 is 1.83 bits per heavy atom. The van der Waals surface area contributed by atoms with Crippen molar-refractivity contribution in [2.24, 2.45) is 7.05 Å². The van der Waals surface area contributed by atoms with Crippen LogP contribution in [0.15, 0.2) is 47.3 Å². The summed E-state index contributed by atoms with van der Waals surface area (Å²) >= 11 is 0. The molecular weight excluding hydrogens is 306 g/mol. The minimum atomic E-state index is -1.13. The lowest BCUT2D eigenvalue weighted by Gasteiger charge is -2.17. The number of hydrogen-bond donors (Lipinski definition) is 1. The molecule has 5 heteroatoms. The van der Waals surface area contributed by atoms with Gasteiger partial charge in [-0.3, -0.25) is 4.79 Å². The first kappa shape index (κ1) is 15.8. The summed E-state index contributed by atoms with van der Waals surface area (Å²) in [6.07, 6.45) is 0. The molecule has 24 heavy (non-hydrogen) atoms. The number of aryl methyl sites for hydroxylation is 1. The highest BCUT2D eigenvalue weighted by Gasteiger charge is 2.22. The summed E-state index contributed by atoms with van der Waals surface area (Å²) in [6.45, 7) is 1.85. The van der Waals surface area contributed by atoms with Crippen LogP contribution in [0.5, 0.6) is 5.75 Å². The predicted octanol–water partition coefficient (Wildman–Crippen LogP) is 3.22. The molecule has 2 aromatic carbocycles. The highest BCUT2D eigenvalue weighted by Crippen LogP contribution is 2.34. The highest BCUT2D eigenvalue weighted by atomic mass is 16.5. The Kier molecular flexibility index (Phi) is 3.85. The standard InChI is InChI=1S/C19H17NO4/c1-11-9-13(24-3)10-14-15(11)16(12-7-5-4-6-8-12)17(19(22)23)20(2)18(14)21/h4-10H,1-3H3,(H,22,23). The predicted molar refractivity (Wildman–Crippen MR) is 92.9 cm³/mol. The normalized spacial score (nSPS) is 10.8. The van der Waals surface area contributed by atoms with E-state index in [-0.39, 0.29) is 11.3 Å². The van der Waals surface area contributed by atoms with Crippen molar-refractivity contribution in [1.82, 2.24) is 4.57 Å². The molecule has 0 atom stereocenters. The van der Waals surface area contributed by atoms with Crippen molar-refractivity contribution >= 4 is 16.7 Å². The fourth-order valence-electron chi connectivity index (χ4n) is 3.08. The molecule has 0 aliphatic carbocycles. The van der Waals surface area contributed by atoms with Crippen LogP contribution in [0, 0.1) is 6.92 Å². The van der Waals surface area contributed by atoms with Gasteiger partial charge in [-0.2, -0.15) is 0 Å². The van der Waals surface area contributed by atoms with E-state index in [1.165, 1.54) is 18.7 Å². The summed E-state index contributed by atoms with van der Waals surface area (Å²) in [5, 5.41) is 10.8. The third-order valence-corrected chi connectivity index (χ3v) is 4.17. The molecule has 3 aromatic rings. The summed E-state index contributed by atoms with van der Waals surface area (Å²) in [7, 11) is 3.02. The van der Waals surface area contributed by atoms with Gasteiger partial charge in [0.05, 0.1) is 12.5 Å². The summed E-state index contributed by atoms with van der Waals surface area (Å²) in [4.78, 5) is 24.6. The van der Waals surface area contributed by atoms with E-state index in [2.05, 4.69) is 0 Å². The van der Waals surface area contributed by atoms with Crippen molar-refractivity contribution in [3.05, 3.63) is 64.1 Å². The molecule has 0 radical (unpaired) electrons. The van der Waals surface area contributed by atoms with Gasteiger partial charge in [-0.15, -0.1) is 0 Å². The van der Waals surface area contributed by atoms with E-state index < -0.39 is 5.97 Å². The van der Waals surface area contributed by atoms with Crippen molar-refractivity contribution in [1.29, 1.82) is 0 Å². The van der Waals surface area contributed by atoms with E-state index in [1.807, 2.05) is 37.3 Å². The van der Waals surface area contributed by atoms with Crippen LogP contribution in [0.3, 0.4) is 0 Å². The molecule has 0 bridgehead atoms. The molecule has 0 unspecified atom stereocenters. The van der Waals surface area contributed by atoms with E-state index in [4.69, 9.17) is 4.74 Å². The number of aromatic nitrogens is 1. The molecule has 1 aromatic heterocycles. The monoisotopic (exact) mass is 323 g/mol. The van der Waals surface area contributed by atoms with Crippen molar-refractivity contribution in [3.63, 3.8) is 0 Å². The van der Waals surface area contributed by atoms with Crippen LogP contribution < -0.4 is 10.3 Å². The van der Waals surface area contributed by atoms with Crippen LogP contribution in [0.4, 0.5) is 0 Å². The summed E-state index contributed by atoms with van der Waals surface area (Å²) in [5.41, 5.74) is 1.71. The average Bonchev–Trinajstić information content (AvgIpc) is 2.58. The van der Waals surface area contributed by atoms with Gasteiger partial charge in [-0.05, 0) is 30.2 Å². The average molecular weight is 323 g/mol. The lowest BCUT2D eigenvalue weighted by molar-refractivity contribution is 0.0686. The molecule has 1 heterocycles. The van der Waals surface area contributed by atoms with Gasteiger partial charge in [0.15, 0.2) is 0 Å². The van der Waals surface area contributed by atoms with Crippen LogP contribution in [0.1, 0.15) is 16.1 Å². The zero-order valence-electron chi connectivity index (χ0n) is 13.7. The van der Waals surface area contributed by atoms with Crippen LogP contribution in [-0.2, 0) is 7.05 Å². The quantitative estimate of drug-likeness (QED) is 0.803. The fourth-order valence-corrected chi connectivity index (χ4v) is 3.08. The van der Waals surface area contributed by atoms with Gasteiger partial charge in [0.2, 0.25) is 0 Å². The van der Waals surface area contributed by atoms with Crippen LogP contribution >= 0.6 is 0 Å². The maximum atomic E-state index is 12.7. The van der Waals surface area contributed by atoms with E-state index >= 15 is 0 Å². The van der Waals surface area contributed by atoms with Gasteiger partial charge in [-0.1, -0.05) is 30.3 Å². The van der Waals surface area contributed by atoms with Crippen LogP contribution in [-0.4, -0.2) is 22.8 Å². The van der Waals surface area contributed by atoms with E-state index in [0.29, 0.717) is 22.1 Å². The molecule has 3 rings (SSSR count). The number of pyridine rings is 1. The highest BCUT2D eigenvalue weighted by molar-refractivity contribution is 6.07. The zero-order chi connectivity index (χ0) is 17.4. The van der Waals surface area contributed by atoms with Crippen molar-refractivity contribution in [2.75, 3.05) is 7.11 Å². The van der Waals surface area contributed by atoms with E-state index in [0.717, 1.165) is 11.1 Å². The number of rotatable bonds is 3. The largest absolute Gasteiger partial charge is 0.497 e. The second-order valence-electron chi connectivity index (χ2n) is 5.63. The molecular formula is C19H17NO4. The van der Waals surface area contributed by atoms with Gasteiger partial charge in [0, 0.05) is 18.0 Å². The van der Waals surface area contributed by atoms with Crippen LogP contribution in [0.25, 0.3) is 21.9 Å². The van der Waals surface area contributed by atoms with Gasteiger partial charge in [-0.25, -0.2) is 4.79 Å². The van der Waals surface area contributed by atoms with Crippen molar-refractivity contribution < 1.29 is 14.6 Å². The Labute approximate surface area is 138 Å². The van der Waals surface area contributed by atoms with Gasteiger partial charge in [0.25, 0.3) is 5.56 Å².